The van der Waals surface area contributed by atoms with Crippen LogP contribution in [0.2, 0.25) is 0 Å². The highest BCUT2D eigenvalue weighted by atomic mass is 16.5. The van der Waals surface area contributed by atoms with Crippen LogP contribution in [-0.4, -0.2) is 22.8 Å². The number of fused-ring (bicyclic) bond motifs is 1. The number of aryl methyl sites for hydroxylation is 1. The van der Waals surface area contributed by atoms with Crippen molar-refractivity contribution >= 4 is 16.9 Å². The van der Waals surface area contributed by atoms with Gasteiger partial charge in [0.1, 0.15) is 5.75 Å². The second-order valence-electron chi connectivity index (χ2n) is 4.89. The molecule has 0 radical (unpaired) electrons. The van der Waals surface area contributed by atoms with E-state index in [9.17, 15) is 9.90 Å². The van der Waals surface area contributed by atoms with Crippen molar-refractivity contribution in [1.29, 1.82) is 0 Å². The molecule has 106 valence electrons. The molecule has 1 aromatic heterocycles. The fourth-order valence-corrected chi connectivity index (χ4v) is 2.61. The molecule has 1 N–H and O–H groups in total. The normalized spacial score (nSPS) is 10.8. The van der Waals surface area contributed by atoms with E-state index in [0.29, 0.717) is 5.75 Å². The second-order valence-corrected chi connectivity index (χ2v) is 4.89. The number of ether oxygens (including phenoxy) is 1. The van der Waals surface area contributed by atoms with Gasteiger partial charge in [-0.3, -0.25) is 0 Å². The number of para-hydroxylation sites is 1. The first-order valence-electron chi connectivity index (χ1n) is 6.57. The van der Waals surface area contributed by atoms with Crippen LogP contribution in [0.4, 0.5) is 0 Å². The Labute approximate surface area is 122 Å². The predicted molar refractivity (Wildman–Crippen MR) is 81.9 cm³/mol. The summed E-state index contributed by atoms with van der Waals surface area (Å²) >= 11 is 0. The maximum absolute atomic E-state index is 11.2. The number of carboxylic acid groups (broad SMARTS) is 1. The van der Waals surface area contributed by atoms with Crippen LogP contribution in [0, 0.1) is 0 Å². The standard InChI is InChI=1S/C17H15NO3/c1-18-10-14(12-5-3-4-6-15(12)18)13-9-11(17(19)20)7-8-16(13)21-2/h3-10H,1-2H3,(H,19,20). The Bertz CT molecular complexity index is 833. The Balaban J connectivity index is 2.31. The molecule has 3 rings (SSSR count). The first-order chi connectivity index (χ1) is 10.1. The van der Waals surface area contributed by atoms with Gasteiger partial charge in [-0.05, 0) is 24.3 Å². The zero-order valence-electron chi connectivity index (χ0n) is 11.8. The lowest BCUT2D eigenvalue weighted by atomic mass is 10.0. The maximum Gasteiger partial charge on any atom is 0.335 e. The van der Waals surface area contributed by atoms with E-state index >= 15 is 0 Å². The van der Waals surface area contributed by atoms with Gasteiger partial charge in [0, 0.05) is 35.3 Å². The summed E-state index contributed by atoms with van der Waals surface area (Å²) in [5.74, 6) is -0.282. The quantitative estimate of drug-likeness (QED) is 0.798. The highest BCUT2D eigenvalue weighted by Gasteiger charge is 2.15. The smallest absolute Gasteiger partial charge is 0.335 e. The number of carboxylic acids is 1. The Morgan fingerprint density at radius 2 is 1.90 bits per heavy atom. The zero-order chi connectivity index (χ0) is 15.0. The van der Waals surface area contributed by atoms with Gasteiger partial charge in [-0.25, -0.2) is 4.79 Å². The van der Waals surface area contributed by atoms with Gasteiger partial charge in [-0.2, -0.15) is 0 Å². The molecular weight excluding hydrogens is 266 g/mol. The molecule has 0 fully saturated rings. The van der Waals surface area contributed by atoms with E-state index in [0.717, 1.165) is 22.0 Å². The zero-order valence-corrected chi connectivity index (χ0v) is 11.8. The lowest BCUT2D eigenvalue weighted by Crippen LogP contribution is -1.97. The molecule has 4 heteroatoms. The van der Waals surface area contributed by atoms with Crippen LogP contribution in [0.3, 0.4) is 0 Å². The highest BCUT2D eigenvalue weighted by Crippen LogP contribution is 2.36. The predicted octanol–water partition coefficient (Wildman–Crippen LogP) is 3.55. The molecule has 0 saturated carbocycles. The average molecular weight is 281 g/mol. The molecule has 21 heavy (non-hydrogen) atoms. The van der Waals surface area contributed by atoms with Gasteiger partial charge in [0.2, 0.25) is 0 Å². The van der Waals surface area contributed by atoms with Crippen molar-refractivity contribution in [3.63, 3.8) is 0 Å². The second kappa shape index (κ2) is 4.98. The van der Waals surface area contributed by atoms with Gasteiger partial charge in [-0.15, -0.1) is 0 Å². The van der Waals surface area contributed by atoms with Crippen molar-refractivity contribution in [2.45, 2.75) is 0 Å². The molecule has 0 bridgehead atoms. The number of methoxy groups -OCH3 is 1. The number of rotatable bonds is 3. The van der Waals surface area contributed by atoms with Gasteiger partial charge in [0.25, 0.3) is 0 Å². The summed E-state index contributed by atoms with van der Waals surface area (Å²) in [6.45, 7) is 0. The van der Waals surface area contributed by atoms with E-state index in [1.165, 1.54) is 0 Å². The largest absolute Gasteiger partial charge is 0.496 e. The minimum absolute atomic E-state index is 0.249. The van der Waals surface area contributed by atoms with E-state index in [1.54, 1.807) is 25.3 Å². The number of aromatic nitrogens is 1. The van der Waals surface area contributed by atoms with Crippen molar-refractivity contribution in [2.24, 2.45) is 7.05 Å². The monoisotopic (exact) mass is 281 g/mol. The number of aromatic carboxylic acids is 1. The number of carbonyl (C=O) groups is 1. The Hall–Kier alpha value is -2.75. The molecule has 0 unspecified atom stereocenters. The molecule has 0 atom stereocenters. The molecule has 0 amide bonds. The van der Waals surface area contributed by atoms with Gasteiger partial charge in [0.05, 0.1) is 12.7 Å². The van der Waals surface area contributed by atoms with E-state index in [1.807, 2.05) is 42.1 Å². The van der Waals surface area contributed by atoms with Crippen LogP contribution in [0.5, 0.6) is 5.75 Å². The molecule has 2 aromatic carbocycles. The fourth-order valence-electron chi connectivity index (χ4n) is 2.61. The minimum Gasteiger partial charge on any atom is -0.496 e. The lowest BCUT2D eigenvalue weighted by molar-refractivity contribution is 0.0697. The minimum atomic E-state index is -0.945. The van der Waals surface area contributed by atoms with Crippen molar-refractivity contribution < 1.29 is 14.6 Å². The first-order valence-corrected chi connectivity index (χ1v) is 6.57. The van der Waals surface area contributed by atoms with Crippen LogP contribution in [0.1, 0.15) is 10.4 Å². The Morgan fingerprint density at radius 1 is 1.14 bits per heavy atom. The van der Waals surface area contributed by atoms with E-state index in [-0.39, 0.29) is 5.56 Å². The van der Waals surface area contributed by atoms with Crippen molar-refractivity contribution in [2.75, 3.05) is 7.11 Å². The summed E-state index contributed by atoms with van der Waals surface area (Å²) < 4.78 is 7.42. The molecule has 3 aromatic rings. The third-order valence-corrected chi connectivity index (χ3v) is 3.63. The fraction of sp³-hybridized carbons (Fsp3) is 0.118. The third kappa shape index (κ3) is 2.14. The van der Waals surface area contributed by atoms with Crippen LogP contribution < -0.4 is 4.74 Å². The van der Waals surface area contributed by atoms with Crippen molar-refractivity contribution in [3.8, 4) is 16.9 Å². The Kier molecular flexibility index (Phi) is 3.14. The molecule has 1 heterocycles. The lowest BCUT2D eigenvalue weighted by Gasteiger charge is -2.09. The molecule has 0 aliphatic rings. The molecule has 0 aliphatic carbocycles. The van der Waals surface area contributed by atoms with Crippen LogP contribution in [0.25, 0.3) is 22.0 Å². The molecule has 0 aliphatic heterocycles. The summed E-state index contributed by atoms with van der Waals surface area (Å²) in [4.78, 5) is 11.2. The van der Waals surface area contributed by atoms with E-state index in [4.69, 9.17) is 4.74 Å². The molecule has 0 spiro atoms. The summed E-state index contributed by atoms with van der Waals surface area (Å²) in [5, 5.41) is 10.3. The third-order valence-electron chi connectivity index (χ3n) is 3.63. The van der Waals surface area contributed by atoms with Gasteiger partial charge in [0.15, 0.2) is 0 Å². The highest BCUT2D eigenvalue weighted by molar-refractivity contribution is 5.99. The summed E-state index contributed by atoms with van der Waals surface area (Å²) in [5.41, 5.74) is 3.09. The molecule has 0 saturated heterocycles. The van der Waals surface area contributed by atoms with Gasteiger partial charge < -0.3 is 14.4 Å². The molecule has 4 nitrogen and oxygen atoms in total. The number of benzene rings is 2. The average Bonchev–Trinajstić information content (AvgIpc) is 2.84. The van der Waals surface area contributed by atoms with Crippen molar-refractivity contribution in [3.05, 3.63) is 54.2 Å². The van der Waals surface area contributed by atoms with E-state index < -0.39 is 5.97 Å². The number of nitrogens with zero attached hydrogens (tertiary/aromatic N) is 1. The number of hydrogen-bond acceptors (Lipinski definition) is 2. The summed E-state index contributed by atoms with van der Waals surface area (Å²) in [6.07, 6.45) is 1.99. The number of hydrogen-bond donors (Lipinski definition) is 1. The van der Waals surface area contributed by atoms with Crippen LogP contribution in [0.15, 0.2) is 48.7 Å². The van der Waals surface area contributed by atoms with E-state index in [2.05, 4.69) is 0 Å². The topological polar surface area (TPSA) is 51.5 Å². The maximum atomic E-state index is 11.2. The molecular formula is C17H15NO3. The van der Waals surface area contributed by atoms with Crippen LogP contribution in [-0.2, 0) is 7.05 Å². The first kappa shape index (κ1) is 13.2. The van der Waals surface area contributed by atoms with Crippen molar-refractivity contribution in [1.82, 2.24) is 4.57 Å². The van der Waals surface area contributed by atoms with Crippen LogP contribution >= 0.6 is 0 Å². The summed E-state index contributed by atoms with van der Waals surface area (Å²) in [6, 6.07) is 12.9. The van der Waals surface area contributed by atoms with Gasteiger partial charge >= 0.3 is 5.97 Å². The summed E-state index contributed by atoms with van der Waals surface area (Å²) in [7, 11) is 3.56. The Morgan fingerprint density at radius 3 is 2.62 bits per heavy atom. The SMILES string of the molecule is COc1ccc(C(=O)O)cc1-c1cn(C)c2ccccc12. The van der Waals surface area contributed by atoms with Gasteiger partial charge in [-0.1, -0.05) is 18.2 Å².